The first-order valence-corrected chi connectivity index (χ1v) is 7.45. The fourth-order valence-electron chi connectivity index (χ4n) is 1.73. The van der Waals surface area contributed by atoms with Gasteiger partial charge in [0.2, 0.25) is 5.91 Å². The second-order valence-electron chi connectivity index (χ2n) is 4.37. The zero-order valence-corrected chi connectivity index (χ0v) is 13.7. The Hall–Kier alpha value is -1.89. The Morgan fingerprint density at radius 3 is 2.71 bits per heavy atom. The van der Waals surface area contributed by atoms with Crippen LogP contribution in [-0.4, -0.2) is 19.2 Å². The van der Waals surface area contributed by atoms with E-state index in [9.17, 15) is 4.79 Å². The van der Waals surface area contributed by atoms with Crippen molar-refractivity contribution in [3.63, 3.8) is 0 Å². The lowest BCUT2D eigenvalue weighted by atomic mass is 10.1. The van der Waals surface area contributed by atoms with E-state index in [2.05, 4.69) is 33.1 Å². The van der Waals surface area contributed by atoms with Crippen LogP contribution in [0.4, 0.5) is 0 Å². The number of benzene rings is 2. The first-order valence-electron chi connectivity index (χ1n) is 6.38. The van der Waals surface area contributed by atoms with Gasteiger partial charge in [-0.2, -0.15) is 5.10 Å². The maximum atomic E-state index is 11.8. The summed E-state index contributed by atoms with van der Waals surface area (Å²) in [6.07, 6.45) is 1.92. The van der Waals surface area contributed by atoms with Gasteiger partial charge in [0.25, 0.3) is 0 Å². The summed E-state index contributed by atoms with van der Waals surface area (Å²) in [6.45, 7) is 0. The summed E-state index contributed by atoms with van der Waals surface area (Å²) in [6, 6.07) is 15.3. The SMILES string of the molecule is COc1ccc(CC(=O)N/N=C\c2cccc(I)c2)cc1. The summed E-state index contributed by atoms with van der Waals surface area (Å²) in [5.74, 6) is 0.623. The maximum absolute atomic E-state index is 11.8. The molecule has 1 amide bonds. The number of nitrogens with one attached hydrogen (secondary N) is 1. The van der Waals surface area contributed by atoms with E-state index in [1.165, 1.54) is 0 Å². The van der Waals surface area contributed by atoms with Gasteiger partial charge >= 0.3 is 0 Å². The van der Waals surface area contributed by atoms with Crippen molar-refractivity contribution in [2.75, 3.05) is 7.11 Å². The van der Waals surface area contributed by atoms with Gasteiger partial charge in [0, 0.05) is 3.57 Å². The molecule has 0 fully saturated rings. The Morgan fingerprint density at radius 1 is 1.29 bits per heavy atom. The van der Waals surface area contributed by atoms with Crippen LogP contribution in [0.5, 0.6) is 5.75 Å². The van der Waals surface area contributed by atoms with Gasteiger partial charge in [0.15, 0.2) is 0 Å². The highest BCUT2D eigenvalue weighted by Gasteiger charge is 2.02. The van der Waals surface area contributed by atoms with Crippen molar-refractivity contribution in [2.24, 2.45) is 5.10 Å². The number of ether oxygens (including phenoxy) is 1. The maximum Gasteiger partial charge on any atom is 0.244 e. The van der Waals surface area contributed by atoms with E-state index in [0.717, 1.165) is 20.4 Å². The number of carbonyl (C=O) groups excluding carboxylic acids is 1. The molecule has 5 heteroatoms. The molecule has 0 bridgehead atoms. The molecule has 2 aromatic carbocycles. The summed E-state index contributed by atoms with van der Waals surface area (Å²) in [5, 5.41) is 3.96. The topological polar surface area (TPSA) is 50.7 Å². The normalized spacial score (nSPS) is 10.6. The number of carbonyl (C=O) groups is 1. The number of halogens is 1. The smallest absolute Gasteiger partial charge is 0.244 e. The highest BCUT2D eigenvalue weighted by Crippen LogP contribution is 2.11. The van der Waals surface area contributed by atoms with Crippen LogP contribution < -0.4 is 10.2 Å². The number of methoxy groups -OCH3 is 1. The molecule has 0 unspecified atom stereocenters. The summed E-state index contributed by atoms with van der Waals surface area (Å²) in [7, 11) is 1.61. The van der Waals surface area contributed by atoms with Crippen molar-refractivity contribution in [2.45, 2.75) is 6.42 Å². The Morgan fingerprint density at radius 2 is 2.05 bits per heavy atom. The number of amides is 1. The van der Waals surface area contributed by atoms with Crippen molar-refractivity contribution in [3.8, 4) is 5.75 Å². The summed E-state index contributed by atoms with van der Waals surface area (Å²) in [4.78, 5) is 11.8. The lowest BCUT2D eigenvalue weighted by molar-refractivity contribution is -0.120. The molecule has 0 aliphatic heterocycles. The summed E-state index contributed by atoms with van der Waals surface area (Å²) >= 11 is 2.23. The minimum atomic E-state index is -0.151. The molecule has 0 heterocycles. The number of hydrazone groups is 1. The van der Waals surface area contributed by atoms with Crippen molar-refractivity contribution < 1.29 is 9.53 Å². The molecule has 4 nitrogen and oxygen atoms in total. The fraction of sp³-hybridized carbons (Fsp3) is 0.125. The van der Waals surface area contributed by atoms with Crippen LogP contribution in [0.15, 0.2) is 53.6 Å². The van der Waals surface area contributed by atoms with E-state index in [0.29, 0.717) is 0 Å². The predicted octanol–water partition coefficient (Wildman–Crippen LogP) is 2.99. The number of rotatable bonds is 5. The lowest BCUT2D eigenvalue weighted by Crippen LogP contribution is -2.19. The number of hydrogen-bond donors (Lipinski definition) is 1. The van der Waals surface area contributed by atoms with Crippen LogP contribution in [0.25, 0.3) is 0 Å². The molecular formula is C16H15IN2O2. The van der Waals surface area contributed by atoms with Gasteiger partial charge in [0.05, 0.1) is 19.7 Å². The predicted molar refractivity (Wildman–Crippen MR) is 91.6 cm³/mol. The Balaban J connectivity index is 1.86. The molecule has 0 aliphatic carbocycles. The van der Waals surface area contributed by atoms with E-state index < -0.39 is 0 Å². The molecule has 1 N–H and O–H groups in total. The van der Waals surface area contributed by atoms with E-state index in [1.54, 1.807) is 13.3 Å². The quantitative estimate of drug-likeness (QED) is 0.482. The fourth-order valence-corrected chi connectivity index (χ4v) is 2.30. The van der Waals surface area contributed by atoms with Crippen LogP contribution >= 0.6 is 22.6 Å². The third kappa shape index (κ3) is 5.18. The zero-order valence-electron chi connectivity index (χ0n) is 11.5. The minimum Gasteiger partial charge on any atom is -0.497 e. The van der Waals surface area contributed by atoms with Gasteiger partial charge in [-0.1, -0.05) is 24.3 Å². The van der Waals surface area contributed by atoms with Gasteiger partial charge in [-0.15, -0.1) is 0 Å². The highest BCUT2D eigenvalue weighted by molar-refractivity contribution is 14.1. The van der Waals surface area contributed by atoms with Crippen LogP contribution in [0.2, 0.25) is 0 Å². The summed E-state index contributed by atoms with van der Waals surface area (Å²) < 4.78 is 6.20. The highest BCUT2D eigenvalue weighted by atomic mass is 127. The van der Waals surface area contributed by atoms with E-state index in [4.69, 9.17) is 4.74 Å². The molecule has 0 spiro atoms. The monoisotopic (exact) mass is 394 g/mol. The van der Waals surface area contributed by atoms with Gasteiger partial charge in [-0.05, 0) is 58.0 Å². The van der Waals surface area contributed by atoms with Crippen LogP contribution in [0.1, 0.15) is 11.1 Å². The second kappa shape index (κ2) is 7.78. The van der Waals surface area contributed by atoms with Crippen molar-refractivity contribution in [1.82, 2.24) is 5.43 Å². The molecule has 108 valence electrons. The molecule has 0 radical (unpaired) electrons. The number of nitrogens with zero attached hydrogens (tertiary/aromatic N) is 1. The molecule has 0 saturated carbocycles. The minimum absolute atomic E-state index is 0.151. The average Bonchev–Trinajstić information content (AvgIpc) is 2.48. The Kier molecular flexibility index (Phi) is 5.74. The van der Waals surface area contributed by atoms with Crippen molar-refractivity contribution >= 4 is 34.7 Å². The summed E-state index contributed by atoms with van der Waals surface area (Å²) in [5.41, 5.74) is 4.39. The van der Waals surface area contributed by atoms with Crippen molar-refractivity contribution in [1.29, 1.82) is 0 Å². The molecule has 2 aromatic rings. The molecule has 0 aliphatic rings. The van der Waals surface area contributed by atoms with Crippen molar-refractivity contribution in [3.05, 3.63) is 63.2 Å². The first-order chi connectivity index (χ1) is 10.2. The zero-order chi connectivity index (χ0) is 15.1. The second-order valence-corrected chi connectivity index (χ2v) is 5.62. The molecule has 21 heavy (non-hydrogen) atoms. The molecule has 0 saturated heterocycles. The number of hydrogen-bond acceptors (Lipinski definition) is 3. The molecule has 2 rings (SSSR count). The third-order valence-electron chi connectivity index (χ3n) is 2.78. The van der Waals surface area contributed by atoms with Gasteiger partial charge in [-0.25, -0.2) is 5.43 Å². The van der Waals surface area contributed by atoms with E-state index in [-0.39, 0.29) is 12.3 Å². The van der Waals surface area contributed by atoms with Crippen LogP contribution in [0, 0.1) is 3.57 Å². The van der Waals surface area contributed by atoms with Crippen LogP contribution in [-0.2, 0) is 11.2 Å². The van der Waals surface area contributed by atoms with E-state index >= 15 is 0 Å². The molecular weight excluding hydrogens is 379 g/mol. The average molecular weight is 394 g/mol. The van der Waals surface area contributed by atoms with Gasteiger partial charge < -0.3 is 4.74 Å². The largest absolute Gasteiger partial charge is 0.497 e. The van der Waals surface area contributed by atoms with Gasteiger partial charge in [0.1, 0.15) is 5.75 Å². The molecule has 0 atom stereocenters. The lowest BCUT2D eigenvalue weighted by Gasteiger charge is -2.02. The van der Waals surface area contributed by atoms with E-state index in [1.807, 2.05) is 48.5 Å². The first kappa shape index (κ1) is 15.5. The third-order valence-corrected chi connectivity index (χ3v) is 3.45. The Labute approximate surface area is 137 Å². The molecule has 0 aromatic heterocycles. The standard InChI is InChI=1S/C16H15IN2O2/c1-21-15-7-5-12(6-8-15)10-16(20)19-18-11-13-3-2-4-14(17)9-13/h2-9,11H,10H2,1H3,(H,19,20)/b18-11-. The van der Waals surface area contributed by atoms with Gasteiger partial charge in [-0.3, -0.25) is 4.79 Å². The van der Waals surface area contributed by atoms with Crippen LogP contribution in [0.3, 0.4) is 0 Å². The Bertz CT molecular complexity index is 639.